The van der Waals surface area contributed by atoms with E-state index in [9.17, 15) is 14.5 Å². The number of hydrogen-bond acceptors (Lipinski definition) is 3. The molecule has 0 saturated heterocycles. The molecule has 0 amide bonds. The summed E-state index contributed by atoms with van der Waals surface area (Å²) in [4.78, 5) is 28.9. The molecular formula is C15H31O6P. The van der Waals surface area contributed by atoms with Crippen molar-refractivity contribution >= 4 is 13.6 Å². The van der Waals surface area contributed by atoms with Crippen molar-refractivity contribution in [2.24, 2.45) is 0 Å². The van der Waals surface area contributed by atoms with E-state index in [0.29, 0.717) is 6.42 Å². The molecule has 7 heteroatoms. The largest absolute Gasteiger partial charge is 0.481 e. The van der Waals surface area contributed by atoms with Gasteiger partial charge in [0.15, 0.2) is 5.34 Å². The predicted octanol–water partition coefficient (Wildman–Crippen LogP) is 3.64. The quantitative estimate of drug-likeness (QED) is 0.284. The predicted molar refractivity (Wildman–Crippen MR) is 85.7 cm³/mol. The average Bonchev–Trinajstić information content (AvgIpc) is 2.39. The molecule has 0 aromatic rings. The van der Waals surface area contributed by atoms with Crippen molar-refractivity contribution < 1.29 is 29.4 Å². The summed E-state index contributed by atoms with van der Waals surface area (Å²) >= 11 is 0. The molecule has 1 unspecified atom stereocenters. The van der Waals surface area contributed by atoms with Gasteiger partial charge in [0.05, 0.1) is 6.42 Å². The Kier molecular flexibility index (Phi) is 11.0. The van der Waals surface area contributed by atoms with E-state index in [1.54, 1.807) is 0 Å². The molecular weight excluding hydrogens is 307 g/mol. The van der Waals surface area contributed by atoms with Crippen LogP contribution in [0.3, 0.4) is 0 Å². The zero-order chi connectivity index (χ0) is 17.1. The van der Waals surface area contributed by atoms with Crippen LogP contribution in [0.1, 0.15) is 84.0 Å². The first kappa shape index (κ1) is 21.6. The van der Waals surface area contributed by atoms with Gasteiger partial charge in [0.2, 0.25) is 0 Å². The van der Waals surface area contributed by atoms with Gasteiger partial charge in [-0.05, 0) is 12.8 Å². The highest BCUT2D eigenvalue weighted by molar-refractivity contribution is 7.53. The molecule has 0 aliphatic rings. The lowest BCUT2D eigenvalue weighted by molar-refractivity contribution is -0.140. The van der Waals surface area contributed by atoms with Gasteiger partial charge >= 0.3 is 13.6 Å². The van der Waals surface area contributed by atoms with Crippen molar-refractivity contribution in [1.29, 1.82) is 0 Å². The van der Waals surface area contributed by atoms with Gasteiger partial charge in [-0.15, -0.1) is 0 Å². The summed E-state index contributed by atoms with van der Waals surface area (Å²) in [6.45, 7) is 2.18. The number of aliphatic hydroxyl groups is 1. The van der Waals surface area contributed by atoms with Crippen LogP contribution in [0.5, 0.6) is 0 Å². The van der Waals surface area contributed by atoms with E-state index in [-0.39, 0.29) is 6.42 Å². The zero-order valence-electron chi connectivity index (χ0n) is 13.5. The van der Waals surface area contributed by atoms with Crippen LogP contribution in [-0.2, 0) is 9.36 Å². The monoisotopic (exact) mass is 338 g/mol. The maximum atomic E-state index is 11.3. The molecule has 0 bridgehead atoms. The normalized spacial score (nSPS) is 14.7. The lowest BCUT2D eigenvalue weighted by atomic mass is 10.0. The average molecular weight is 338 g/mol. The van der Waals surface area contributed by atoms with Gasteiger partial charge in [0.1, 0.15) is 0 Å². The number of rotatable bonds is 14. The third kappa shape index (κ3) is 9.57. The van der Waals surface area contributed by atoms with Gasteiger partial charge in [0.25, 0.3) is 0 Å². The zero-order valence-corrected chi connectivity index (χ0v) is 14.4. The summed E-state index contributed by atoms with van der Waals surface area (Å²) in [6, 6.07) is 0. The molecule has 0 aromatic heterocycles. The third-order valence-electron chi connectivity index (χ3n) is 3.91. The van der Waals surface area contributed by atoms with E-state index >= 15 is 0 Å². The highest BCUT2D eigenvalue weighted by Crippen LogP contribution is 2.53. The second-order valence-electron chi connectivity index (χ2n) is 6.03. The van der Waals surface area contributed by atoms with Gasteiger partial charge in [-0.3, -0.25) is 9.36 Å². The summed E-state index contributed by atoms with van der Waals surface area (Å²) in [5.74, 6) is -1.40. The summed E-state index contributed by atoms with van der Waals surface area (Å²) in [6.07, 6.45) is 9.50. The van der Waals surface area contributed by atoms with E-state index in [0.717, 1.165) is 25.7 Å². The van der Waals surface area contributed by atoms with Crippen LogP contribution in [0.4, 0.5) is 0 Å². The Labute approximate surface area is 133 Å². The molecule has 132 valence electrons. The molecule has 0 aliphatic carbocycles. The highest BCUT2D eigenvalue weighted by Gasteiger charge is 2.46. The Morgan fingerprint density at radius 1 is 0.909 bits per heavy atom. The third-order valence-corrected chi connectivity index (χ3v) is 5.37. The Bertz CT molecular complexity index is 354. The molecule has 0 radical (unpaired) electrons. The fraction of sp³-hybridized carbons (Fsp3) is 0.933. The van der Waals surface area contributed by atoms with Gasteiger partial charge in [-0.2, -0.15) is 0 Å². The molecule has 0 aromatic carbocycles. The smallest absolute Gasteiger partial charge is 0.357 e. The Hall–Kier alpha value is -0.420. The first-order chi connectivity index (χ1) is 10.2. The van der Waals surface area contributed by atoms with Crippen LogP contribution in [0.2, 0.25) is 0 Å². The van der Waals surface area contributed by atoms with Gasteiger partial charge < -0.3 is 20.0 Å². The van der Waals surface area contributed by atoms with E-state index < -0.39 is 25.3 Å². The van der Waals surface area contributed by atoms with Gasteiger partial charge in [0, 0.05) is 0 Å². The van der Waals surface area contributed by atoms with Crippen molar-refractivity contribution in [1.82, 2.24) is 0 Å². The van der Waals surface area contributed by atoms with Crippen molar-refractivity contribution in [3.63, 3.8) is 0 Å². The topological polar surface area (TPSA) is 115 Å². The van der Waals surface area contributed by atoms with Crippen molar-refractivity contribution in [2.45, 2.75) is 89.3 Å². The first-order valence-electron chi connectivity index (χ1n) is 8.23. The minimum absolute atomic E-state index is 0.180. The number of unbranched alkanes of at least 4 members (excludes halogenated alkanes) is 9. The van der Waals surface area contributed by atoms with Gasteiger partial charge in [-0.25, -0.2) is 0 Å². The minimum atomic E-state index is -4.84. The van der Waals surface area contributed by atoms with E-state index in [1.165, 1.54) is 32.1 Å². The molecule has 0 fully saturated rings. The Balaban J connectivity index is 3.82. The molecule has 4 N–H and O–H groups in total. The molecule has 0 rings (SSSR count). The molecule has 6 nitrogen and oxygen atoms in total. The standard InChI is InChI=1S/C15H31O6P/c1-2-3-4-5-6-7-8-9-10-11-12-15(18,13-14(16)17)22(19,20)21/h18H,2-13H2,1H3,(H,16,17)(H2,19,20,21). The number of carboxylic acid groups (broad SMARTS) is 1. The van der Waals surface area contributed by atoms with Gasteiger partial charge in [-0.1, -0.05) is 64.7 Å². The minimum Gasteiger partial charge on any atom is -0.481 e. The second-order valence-corrected chi connectivity index (χ2v) is 7.95. The van der Waals surface area contributed by atoms with Crippen LogP contribution < -0.4 is 0 Å². The van der Waals surface area contributed by atoms with Crippen molar-refractivity contribution in [3.8, 4) is 0 Å². The maximum absolute atomic E-state index is 11.3. The van der Waals surface area contributed by atoms with Crippen LogP contribution >= 0.6 is 7.60 Å². The number of carbonyl (C=O) groups is 1. The molecule has 0 spiro atoms. The maximum Gasteiger partial charge on any atom is 0.357 e. The summed E-state index contributed by atoms with van der Waals surface area (Å²) in [5.41, 5.74) is 0. The van der Waals surface area contributed by atoms with Crippen LogP contribution in [0, 0.1) is 0 Å². The highest BCUT2D eigenvalue weighted by atomic mass is 31.2. The molecule has 0 heterocycles. The second kappa shape index (κ2) is 11.2. The fourth-order valence-electron chi connectivity index (χ4n) is 2.47. The van der Waals surface area contributed by atoms with Crippen molar-refractivity contribution in [3.05, 3.63) is 0 Å². The number of aliphatic carboxylic acids is 1. The summed E-state index contributed by atoms with van der Waals surface area (Å²) < 4.78 is 11.3. The van der Waals surface area contributed by atoms with Crippen molar-refractivity contribution in [2.75, 3.05) is 0 Å². The molecule has 0 aliphatic heterocycles. The SMILES string of the molecule is CCCCCCCCCCCCC(O)(CC(=O)O)P(=O)(O)O. The fourth-order valence-corrected chi connectivity index (χ4v) is 3.27. The summed E-state index contributed by atoms with van der Waals surface area (Å²) in [5, 5.41) is 16.1. The summed E-state index contributed by atoms with van der Waals surface area (Å²) in [7, 11) is -4.84. The van der Waals surface area contributed by atoms with E-state index in [4.69, 9.17) is 14.9 Å². The lowest BCUT2D eigenvalue weighted by Gasteiger charge is -2.27. The number of carboxylic acids is 1. The van der Waals surface area contributed by atoms with E-state index in [2.05, 4.69) is 6.92 Å². The lowest BCUT2D eigenvalue weighted by Crippen LogP contribution is -2.31. The number of hydrogen-bond donors (Lipinski definition) is 4. The van der Waals surface area contributed by atoms with E-state index in [1.807, 2.05) is 0 Å². The first-order valence-corrected chi connectivity index (χ1v) is 9.84. The van der Waals surface area contributed by atoms with Crippen LogP contribution in [-0.4, -0.2) is 31.3 Å². The Morgan fingerprint density at radius 3 is 1.68 bits per heavy atom. The molecule has 1 atom stereocenters. The Morgan fingerprint density at radius 2 is 1.32 bits per heavy atom. The molecule has 22 heavy (non-hydrogen) atoms. The molecule has 0 saturated carbocycles. The van der Waals surface area contributed by atoms with Crippen LogP contribution in [0.25, 0.3) is 0 Å². The van der Waals surface area contributed by atoms with Crippen LogP contribution in [0.15, 0.2) is 0 Å².